The molecule has 6 aromatic rings. The number of benzene rings is 5. The molecular formula is C65H82N4O26P2. The molecule has 1 atom stereocenters. The normalized spacial score (nSPS) is 9.27. The van der Waals surface area contributed by atoms with E-state index < -0.39 is 55.6 Å². The summed E-state index contributed by atoms with van der Waals surface area (Å²) >= 11 is 0. The second-order valence-electron chi connectivity index (χ2n) is 17.4. The highest BCUT2D eigenvalue weighted by Crippen LogP contribution is 2.50. The maximum absolute atomic E-state index is 12.3. The molecule has 0 spiro atoms. The molecule has 5 aromatic carbocycles. The number of hydrogen-bond acceptors (Lipinski definition) is 24. The molecule has 0 aliphatic carbocycles. The summed E-state index contributed by atoms with van der Waals surface area (Å²) in [4.78, 5) is 106. The van der Waals surface area contributed by atoms with E-state index in [9.17, 15) is 47.7 Å². The van der Waals surface area contributed by atoms with Crippen molar-refractivity contribution in [2.24, 2.45) is 4.88 Å². The van der Waals surface area contributed by atoms with Crippen molar-refractivity contribution in [3.8, 4) is 46.3 Å². The Balaban J connectivity index is -0.00000110. The predicted molar refractivity (Wildman–Crippen MR) is 361 cm³/mol. The highest BCUT2D eigenvalue weighted by atomic mass is 31.2. The molecule has 6 rings (SSSR count). The number of carbonyl (C=O) groups is 8. The number of carboxylic acid groups (broad SMARTS) is 1. The van der Waals surface area contributed by atoms with Crippen LogP contribution in [0.5, 0.6) is 34.5 Å². The van der Waals surface area contributed by atoms with Crippen molar-refractivity contribution >= 4 is 71.2 Å². The first kappa shape index (κ1) is 90.1. The third-order valence-corrected chi connectivity index (χ3v) is 12.9. The van der Waals surface area contributed by atoms with Gasteiger partial charge in [0.15, 0.2) is 0 Å². The van der Waals surface area contributed by atoms with Gasteiger partial charge in [0.05, 0.1) is 118 Å². The van der Waals surface area contributed by atoms with E-state index in [0.29, 0.717) is 88.3 Å². The first-order valence-electron chi connectivity index (χ1n) is 27.4. The summed E-state index contributed by atoms with van der Waals surface area (Å²) in [6.45, 7) is 7.51. The third-order valence-electron chi connectivity index (χ3n) is 11.8. The molecule has 0 radical (unpaired) electrons. The number of ether oxygens (including phenoxy) is 11. The lowest BCUT2D eigenvalue weighted by molar-refractivity contribution is -0.135. The predicted octanol–water partition coefficient (Wildman–Crippen LogP) is 10.8. The van der Waals surface area contributed by atoms with E-state index >= 15 is 0 Å². The van der Waals surface area contributed by atoms with Gasteiger partial charge < -0.3 is 76.2 Å². The van der Waals surface area contributed by atoms with Crippen molar-refractivity contribution in [2.75, 3.05) is 83.5 Å². The van der Waals surface area contributed by atoms with Crippen LogP contribution in [0.4, 0.5) is 10.5 Å². The number of anilines is 1. The van der Waals surface area contributed by atoms with Gasteiger partial charge in [-0.1, -0.05) is 71.5 Å². The maximum Gasteiger partial charge on any atom is 0.525 e. The van der Waals surface area contributed by atoms with E-state index in [1.54, 1.807) is 91.0 Å². The lowest BCUT2D eigenvalue weighted by Gasteiger charge is -2.14. The largest absolute Gasteiger partial charge is 0.525 e. The van der Waals surface area contributed by atoms with Gasteiger partial charge in [-0.2, -0.15) is 9.90 Å². The van der Waals surface area contributed by atoms with Gasteiger partial charge in [0.1, 0.15) is 40.3 Å². The molecular weight excluding hydrogens is 1310 g/mol. The number of methoxy groups -OCH3 is 11. The fraction of sp³-hybridized carbons (Fsp3) is 0.308. The molecule has 30 nitrogen and oxygen atoms in total. The number of carbonyl (C=O) groups excluding carboxylic acids is 7. The van der Waals surface area contributed by atoms with Crippen LogP contribution < -0.4 is 38.9 Å². The van der Waals surface area contributed by atoms with Gasteiger partial charge in [0, 0.05) is 40.2 Å². The molecule has 1 unspecified atom stereocenters. The van der Waals surface area contributed by atoms with Crippen LogP contribution in [0.1, 0.15) is 109 Å². The number of para-hydroxylation sites is 2. The van der Waals surface area contributed by atoms with Crippen LogP contribution in [0, 0.1) is 11.8 Å². The SMILES string of the molecule is C.CCc1cc(OC)cc(=O)o1.CCc1cc(OC)cc(C(=O)O)c1C(=O)OC.CCc1cc(OC)cc(C(=O)OC)c1C(=O)OC.CCc1cc(OC)cc(NC(=O)OC)c1C(=O)OC.COC(=O)C#CC(=O)OC.O.P.[N-]=[N+]=NP(=O)(Oc1ccccc1)Oc1ccccc1. The number of rotatable bonds is 19. The van der Waals surface area contributed by atoms with Crippen molar-refractivity contribution in [3.63, 3.8) is 0 Å². The number of amides is 1. The Morgan fingerprint density at radius 1 is 0.505 bits per heavy atom. The fourth-order valence-electron chi connectivity index (χ4n) is 7.27. The standard InChI is InChI=1S/C13H17NO5.C13H16O5.C12H10N3O3P.C12H14O5.C8H10O3.C6H6O4.CH4.H2O.H3P/c1-5-8-6-9(17-2)7-10(14-13(16)19-4)11(8)12(15)18-3;1-5-8-6-9(16-2)7-10(12(14)17-3)11(8)13(15)18-4;13-14-15-19(16,17-11-7-3-1-4-8-11)18-12-9-5-2-6-10-12;1-4-7-5-8(16-2)6-9(11(13)14)10(7)12(15)17-3;1-3-6-4-7(10-2)5-8(9)11-6;1-9-5(7)3-4-6(8)10-2;;;/h6-7H,5H2,1-4H3,(H,14,16);6-7H,5H2,1-4H3;1-10H;5-6H,4H2,1-3H3,(H,13,14);4-5H,3H2,1-2H3;1-2H3;1H4;1H2;1H3. The number of nitrogens with zero attached hydrogens (tertiary/aromatic N) is 3. The van der Waals surface area contributed by atoms with E-state index in [1.165, 1.54) is 96.4 Å². The molecule has 32 heteroatoms. The highest BCUT2D eigenvalue weighted by molar-refractivity contribution is 7.53. The molecule has 0 aliphatic rings. The molecule has 0 fully saturated rings. The Labute approximate surface area is 564 Å². The number of nitrogens with one attached hydrogen (secondary N) is 1. The van der Waals surface area contributed by atoms with Crippen molar-refractivity contribution in [1.29, 1.82) is 0 Å². The average molecular weight is 1400 g/mol. The number of carboxylic acids is 1. The molecule has 1 amide bonds. The van der Waals surface area contributed by atoms with Crippen molar-refractivity contribution in [3.05, 3.63) is 180 Å². The van der Waals surface area contributed by atoms with Crippen molar-refractivity contribution < 1.29 is 119 Å². The highest BCUT2D eigenvalue weighted by Gasteiger charge is 2.28. The van der Waals surface area contributed by atoms with Crippen molar-refractivity contribution in [2.45, 2.75) is 60.8 Å². The molecule has 1 aromatic heterocycles. The molecule has 528 valence electrons. The molecule has 0 saturated carbocycles. The molecule has 0 saturated heterocycles. The van der Waals surface area contributed by atoms with Gasteiger partial charge in [-0.05, 0) is 96.1 Å². The number of aryl methyl sites for hydroxylation is 4. The minimum absolute atomic E-state index is 0. The molecule has 0 bridgehead atoms. The van der Waals surface area contributed by atoms with Crippen LogP contribution in [-0.2, 0) is 73.0 Å². The van der Waals surface area contributed by atoms with E-state index in [4.69, 9.17) is 52.5 Å². The van der Waals surface area contributed by atoms with Crippen molar-refractivity contribution in [1.82, 2.24) is 0 Å². The van der Waals surface area contributed by atoms with Crippen LogP contribution >= 0.6 is 17.6 Å². The number of esters is 6. The quantitative estimate of drug-likeness (QED) is 0.0111. The van der Waals surface area contributed by atoms with Gasteiger partial charge in [-0.25, -0.2) is 47.7 Å². The zero-order chi connectivity index (χ0) is 70.9. The topological polar surface area (TPSA) is 416 Å². The maximum atomic E-state index is 12.3. The van der Waals surface area contributed by atoms with E-state index in [0.717, 1.165) is 5.56 Å². The van der Waals surface area contributed by atoms with E-state index in [-0.39, 0.29) is 50.7 Å². The zero-order valence-corrected chi connectivity index (χ0v) is 57.8. The minimum atomic E-state index is -3.95. The van der Waals surface area contributed by atoms with E-state index in [1.807, 2.05) is 39.5 Å². The van der Waals surface area contributed by atoms with Gasteiger partial charge in [0.25, 0.3) is 0 Å². The summed E-state index contributed by atoms with van der Waals surface area (Å²) < 4.78 is 79.0. The molecule has 0 aliphatic heterocycles. The third kappa shape index (κ3) is 30.7. The molecule has 97 heavy (non-hydrogen) atoms. The number of hydrogen-bond donors (Lipinski definition) is 2. The number of azide groups is 1. The average Bonchev–Trinajstić information content (AvgIpc) is 0.825. The monoisotopic (exact) mass is 1400 g/mol. The Kier molecular flexibility index (Phi) is 45.1. The fourth-order valence-corrected chi connectivity index (χ4v) is 8.26. The molecule has 4 N–H and O–H groups in total. The summed E-state index contributed by atoms with van der Waals surface area (Å²) in [5.74, 6) is 2.02. The lowest BCUT2D eigenvalue weighted by atomic mass is 9.98. The number of aromatic carboxylic acids is 1. The molecule has 1 heterocycles. The van der Waals surface area contributed by atoms with Gasteiger partial charge in [-0.3, -0.25) is 5.32 Å². The van der Waals surface area contributed by atoms with Crippen LogP contribution in [0.3, 0.4) is 0 Å². The van der Waals surface area contributed by atoms with Crippen LogP contribution in [0.2, 0.25) is 0 Å². The Morgan fingerprint density at radius 3 is 1.23 bits per heavy atom. The second-order valence-corrected chi connectivity index (χ2v) is 18.9. The minimum Gasteiger partial charge on any atom is -0.497 e. The first-order chi connectivity index (χ1) is 44.9. The van der Waals surface area contributed by atoms with Gasteiger partial charge in [0.2, 0.25) is 0 Å². The Bertz CT molecular complexity index is 3660. The summed E-state index contributed by atoms with van der Waals surface area (Å²) in [5.41, 5.74) is 11.1. The Morgan fingerprint density at radius 2 is 0.876 bits per heavy atom. The van der Waals surface area contributed by atoms with Gasteiger partial charge in [-0.15, -0.1) is 0 Å². The lowest BCUT2D eigenvalue weighted by Crippen LogP contribution is -2.16. The van der Waals surface area contributed by atoms with Crippen LogP contribution in [0.15, 0.2) is 123 Å². The van der Waals surface area contributed by atoms with Crippen LogP contribution in [0.25, 0.3) is 10.4 Å². The van der Waals surface area contributed by atoms with Crippen LogP contribution in [-0.4, -0.2) is 137 Å². The zero-order valence-electron chi connectivity index (χ0n) is 55.5. The summed E-state index contributed by atoms with van der Waals surface area (Å²) in [6, 6.07) is 29.2. The van der Waals surface area contributed by atoms with Gasteiger partial charge >= 0.3 is 61.3 Å². The smallest absolute Gasteiger partial charge is 0.497 e. The first-order valence-corrected chi connectivity index (χ1v) is 28.9. The summed E-state index contributed by atoms with van der Waals surface area (Å²) in [5, 5.41) is 11.6. The second kappa shape index (κ2) is 48.6. The Hall–Kier alpha value is -11.1. The summed E-state index contributed by atoms with van der Waals surface area (Å²) in [6.07, 6.45) is 1.72. The summed E-state index contributed by atoms with van der Waals surface area (Å²) in [7, 11) is 10.6. The van der Waals surface area contributed by atoms with E-state index in [2.05, 4.69) is 38.8 Å².